The molecular weight excluding hydrogens is 378 g/mol. The SMILES string of the molecule is O=C(N=Nc1c(O)n(CN2CCCC2)c2ccccc12)c1ccc2ccccc2n1. The molecule has 2 aromatic heterocycles. The fraction of sp³-hybridized carbons (Fsp3) is 0.217. The number of hydrogen-bond acceptors (Lipinski definition) is 5. The molecule has 3 heterocycles. The van der Waals surface area contributed by atoms with Gasteiger partial charge >= 0.3 is 5.91 Å². The Kier molecular flexibility index (Phi) is 4.72. The number of rotatable bonds is 4. The number of fused-ring (bicyclic) bond motifs is 2. The van der Waals surface area contributed by atoms with Gasteiger partial charge in [0.15, 0.2) is 5.69 Å². The molecule has 5 rings (SSSR count). The Labute approximate surface area is 173 Å². The minimum absolute atomic E-state index is 0.0196. The summed E-state index contributed by atoms with van der Waals surface area (Å²) in [6.45, 7) is 2.60. The van der Waals surface area contributed by atoms with E-state index in [0.29, 0.717) is 12.4 Å². The van der Waals surface area contributed by atoms with E-state index in [1.54, 1.807) is 6.07 Å². The van der Waals surface area contributed by atoms with Crippen LogP contribution in [0.2, 0.25) is 0 Å². The Hall–Kier alpha value is -3.58. The average molecular weight is 399 g/mol. The Bertz CT molecular complexity index is 1270. The molecule has 0 atom stereocenters. The normalized spacial score (nSPS) is 14.9. The van der Waals surface area contributed by atoms with E-state index < -0.39 is 5.91 Å². The molecular formula is C23H21N5O2. The highest BCUT2D eigenvalue weighted by Gasteiger charge is 2.20. The summed E-state index contributed by atoms with van der Waals surface area (Å²) in [5.41, 5.74) is 2.12. The van der Waals surface area contributed by atoms with Crippen LogP contribution in [0.25, 0.3) is 21.8 Å². The number of amides is 1. The average Bonchev–Trinajstić information content (AvgIpc) is 3.39. The van der Waals surface area contributed by atoms with Crippen LogP contribution in [0.4, 0.5) is 5.69 Å². The van der Waals surface area contributed by atoms with Crippen molar-refractivity contribution >= 4 is 33.4 Å². The number of azo groups is 1. The van der Waals surface area contributed by atoms with Crippen LogP contribution >= 0.6 is 0 Å². The van der Waals surface area contributed by atoms with Crippen LogP contribution in [0.3, 0.4) is 0 Å². The van der Waals surface area contributed by atoms with E-state index in [9.17, 15) is 9.90 Å². The molecule has 0 aliphatic carbocycles. The predicted molar refractivity (Wildman–Crippen MR) is 115 cm³/mol. The molecule has 0 radical (unpaired) electrons. The molecule has 30 heavy (non-hydrogen) atoms. The zero-order chi connectivity index (χ0) is 20.5. The van der Waals surface area contributed by atoms with Gasteiger partial charge in [0.25, 0.3) is 0 Å². The van der Waals surface area contributed by atoms with Gasteiger partial charge in [-0.1, -0.05) is 42.5 Å². The second-order valence-corrected chi connectivity index (χ2v) is 7.48. The van der Waals surface area contributed by atoms with Gasteiger partial charge in [0.2, 0.25) is 5.88 Å². The lowest BCUT2D eigenvalue weighted by molar-refractivity contribution is 0.0990. The molecule has 150 valence electrons. The standard InChI is InChI=1S/C23H21N5O2/c29-22(19-12-11-16-7-1-3-9-18(16)24-19)26-25-21-17-8-2-4-10-20(17)28(23(21)30)15-27-13-5-6-14-27/h1-4,7-12,30H,5-6,13-15H2. The number of carbonyl (C=O) groups excluding carboxylic acids is 1. The summed E-state index contributed by atoms with van der Waals surface area (Å²) in [6, 6.07) is 18.7. The second kappa shape index (κ2) is 7.68. The zero-order valence-electron chi connectivity index (χ0n) is 16.4. The molecule has 1 N–H and O–H groups in total. The van der Waals surface area contributed by atoms with E-state index in [1.807, 2.05) is 59.2 Å². The summed E-state index contributed by atoms with van der Waals surface area (Å²) >= 11 is 0. The van der Waals surface area contributed by atoms with Crippen molar-refractivity contribution in [3.63, 3.8) is 0 Å². The third kappa shape index (κ3) is 3.33. The summed E-state index contributed by atoms with van der Waals surface area (Å²) in [5, 5.41) is 20.6. The molecule has 4 aromatic rings. The van der Waals surface area contributed by atoms with Crippen molar-refractivity contribution in [2.45, 2.75) is 19.5 Å². The lowest BCUT2D eigenvalue weighted by Gasteiger charge is -2.17. The molecule has 2 aromatic carbocycles. The number of carbonyl (C=O) groups is 1. The molecule has 7 nitrogen and oxygen atoms in total. The van der Waals surface area contributed by atoms with Crippen LogP contribution in [0.15, 0.2) is 70.9 Å². The summed E-state index contributed by atoms with van der Waals surface area (Å²) in [5.74, 6) is -0.525. The van der Waals surface area contributed by atoms with Crippen molar-refractivity contribution in [2.24, 2.45) is 10.2 Å². The smallest absolute Gasteiger partial charge is 0.313 e. The zero-order valence-corrected chi connectivity index (χ0v) is 16.4. The number of likely N-dealkylation sites (tertiary alicyclic amines) is 1. The summed E-state index contributed by atoms with van der Waals surface area (Å²) < 4.78 is 1.83. The lowest BCUT2D eigenvalue weighted by Crippen LogP contribution is -2.22. The van der Waals surface area contributed by atoms with E-state index in [2.05, 4.69) is 20.1 Å². The van der Waals surface area contributed by atoms with Gasteiger partial charge in [0, 0.05) is 10.8 Å². The monoisotopic (exact) mass is 399 g/mol. The molecule has 0 bridgehead atoms. The second-order valence-electron chi connectivity index (χ2n) is 7.48. The van der Waals surface area contributed by atoms with Gasteiger partial charge < -0.3 is 5.11 Å². The number of pyridine rings is 1. The van der Waals surface area contributed by atoms with Crippen molar-refractivity contribution in [1.82, 2.24) is 14.5 Å². The van der Waals surface area contributed by atoms with Gasteiger partial charge in [0.1, 0.15) is 5.69 Å². The van der Waals surface area contributed by atoms with Gasteiger partial charge in [-0.05, 0) is 44.1 Å². The quantitative estimate of drug-likeness (QED) is 0.496. The molecule has 7 heteroatoms. The highest BCUT2D eigenvalue weighted by atomic mass is 16.3. The summed E-state index contributed by atoms with van der Waals surface area (Å²) in [7, 11) is 0. The predicted octanol–water partition coefficient (Wildman–Crippen LogP) is 4.87. The number of aromatic hydroxyl groups is 1. The van der Waals surface area contributed by atoms with Gasteiger partial charge in [-0.3, -0.25) is 14.3 Å². The minimum Gasteiger partial charge on any atom is -0.493 e. The van der Waals surface area contributed by atoms with Crippen LogP contribution < -0.4 is 0 Å². The van der Waals surface area contributed by atoms with Crippen LogP contribution in [0.5, 0.6) is 5.88 Å². The maximum absolute atomic E-state index is 12.6. The number of nitrogens with zero attached hydrogens (tertiary/aromatic N) is 5. The Morgan fingerprint density at radius 2 is 1.77 bits per heavy atom. The van der Waals surface area contributed by atoms with Crippen molar-refractivity contribution in [1.29, 1.82) is 0 Å². The Balaban J connectivity index is 1.48. The number of aromatic nitrogens is 2. The Morgan fingerprint density at radius 3 is 2.63 bits per heavy atom. The summed E-state index contributed by atoms with van der Waals surface area (Å²) in [6.07, 6.45) is 2.33. The maximum Gasteiger partial charge on any atom is 0.313 e. The molecule has 0 unspecified atom stereocenters. The van der Waals surface area contributed by atoms with Crippen LogP contribution in [0.1, 0.15) is 23.3 Å². The first-order valence-electron chi connectivity index (χ1n) is 10.0. The van der Waals surface area contributed by atoms with Gasteiger partial charge in [-0.2, -0.15) is 0 Å². The van der Waals surface area contributed by atoms with Crippen LogP contribution in [-0.4, -0.2) is 38.6 Å². The van der Waals surface area contributed by atoms with Crippen molar-refractivity contribution in [3.05, 3.63) is 66.4 Å². The van der Waals surface area contributed by atoms with E-state index in [-0.39, 0.29) is 11.6 Å². The van der Waals surface area contributed by atoms with Gasteiger partial charge in [-0.15, -0.1) is 10.2 Å². The lowest BCUT2D eigenvalue weighted by atomic mass is 10.2. The number of hydrogen-bond donors (Lipinski definition) is 1. The molecule has 1 fully saturated rings. The fourth-order valence-corrected chi connectivity index (χ4v) is 3.97. The maximum atomic E-state index is 12.6. The summed E-state index contributed by atoms with van der Waals surface area (Å²) in [4.78, 5) is 19.2. The highest BCUT2D eigenvalue weighted by Crippen LogP contribution is 2.39. The van der Waals surface area contributed by atoms with Gasteiger partial charge in [-0.25, -0.2) is 4.98 Å². The first-order valence-corrected chi connectivity index (χ1v) is 10.0. The van der Waals surface area contributed by atoms with Gasteiger partial charge in [0.05, 0.1) is 17.7 Å². The first kappa shape index (κ1) is 18.4. The highest BCUT2D eigenvalue weighted by molar-refractivity contribution is 5.97. The van der Waals surface area contributed by atoms with E-state index in [1.165, 1.54) is 12.8 Å². The number of para-hydroxylation sites is 2. The van der Waals surface area contributed by atoms with Crippen LogP contribution in [0, 0.1) is 0 Å². The molecule has 0 spiro atoms. The molecule has 1 saturated heterocycles. The Morgan fingerprint density at radius 1 is 1.00 bits per heavy atom. The van der Waals surface area contributed by atoms with Crippen LogP contribution in [-0.2, 0) is 6.67 Å². The fourth-order valence-electron chi connectivity index (χ4n) is 3.97. The van der Waals surface area contributed by atoms with Crippen molar-refractivity contribution < 1.29 is 9.90 Å². The van der Waals surface area contributed by atoms with E-state index in [0.717, 1.165) is 34.9 Å². The van der Waals surface area contributed by atoms with Crippen molar-refractivity contribution in [3.8, 4) is 5.88 Å². The first-order chi connectivity index (χ1) is 14.7. The molecule has 0 saturated carbocycles. The molecule has 1 aliphatic heterocycles. The molecule has 1 aliphatic rings. The topological polar surface area (TPSA) is 83.1 Å². The third-order valence-electron chi connectivity index (χ3n) is 5.52. The molecule has 1 amide bonds. The third-order valence-corrected chi connectivity index (χ3v) is 5.52. The van der Waals surface area contributed by atoms with E-state index >= 15 is 0 Å². The largest absolute Gasteiger partial charge is 0.493 e. The van der Waals surface area contributed by atoms with Crippen molar-refractivity contribution in [2.75, 3.05) is 13.1 Å². The minimum atomic E-state index is -0.545. The number of benzene rings is 2. The van der Waals surface area contributed by atoms with E-state index in [4.69, 9.17) is 0 Å².